The number of aryl methyl sites for hydroxylation is 1. The van der Waals surface area contributed by atoms with Crippen LogP contribution in [0.4, 0.5) is 4.79 Å². The first-order valence-electron chi connectivity index (χ1n) is 8.24. The number of nitriles is 1. The Morgan fingerprint density at radius 1 is 1.39 bits per heavy atom. The highest BCUT2D eigenvalue weighted by Gasteiger charge is 2.64. The monoisotopic (exact) mass is 312 g/mol. The second-order valence-electron chi connectivity index (χ2n) is 7.82. The minimum atomic E-state index is -0.517. The van der Waals surface area contributed by atoms with Crippen LogP contribution in [0.2, 0.25) is 0 Å². The Labute approximate surface area is 138 Å². The van der Waals surface area contributed by atoms with Crippen LogP contribution in [0.1, 0.15) is 50.7 Å². The molecule has 3 rings (SSSR count). The van der Waals surface area contributed by atoms with E-state index in [0.717, 1.165) is 18.4 Å². The van der Waals surface area contributed by atoms with Gasteiger partial charge in [-0.2, -0.15) is 5.26 Å². The number of carbonyl (C=O) groups is 1. The predicted molar refractivity (Wildman–Crippen MR) is 87.9 cm³/mol. The number of amides is 1. The summed E-state index contributed by atoms with van der Waals surface area (Å²) in [6.45, 7) is 8.25. The molecule has 122 valence electrons. The first-order chi connectivity index (χ1) is 10.8. The second-order valence-corrected chi connectivity index (χ2v) is 7.82. The smallest absolute Gasteiger partial charge is 0.410 e. The molecule has 1 spiro atoms. The molecular weight excluding hydrogens is 288 g/mol. The zero-order valence-electron chi connectivity index (χ0n) is 14.3. The van der Waals surface area contributed by atoms with E-state index >= 15 is 0 Å². The number of carbonyl (C=O) groups excluding carboxylic acids is 1. The molecule has 2 atom stereocenters. The van der Waals surface area contributed by atoms with Gasteiger partial charge in [0, 0.05) is 12.5 Å². The molecule has 2 aliphatic rings. The molecule has 1 amide bonds. The standard InChI is InChI=1S/C19H24N2O2/c1-13-6-5-7-14(10-13)15-12-21(17(22)23-18(2,3)4)19(8-9-19)16(15)11-20/h5-7,10,15-16H,8-9,12H2,1-4H3/t15-,16-/m0/s1. The first kappa shape index (κ1) is 15.9. The summed E-state index contributed by atoms with van der Waals surface area (Å²) in [5.41, 5.74) is 1.50. The van der Waals surface area contributed by atoms with Crippen LogP contribution in [-0.4, -0.2) is 28.7 Å². The summed E-state index contributed by atoms with van der Waals surface area (Å²) < 4.78 is 5.58. The van der Waals surface area contributed by atoms with Gasteiger partial charge in [0.05, 0.1) is 17.5 Å². The average molecular weight is 312 g/mol. The van der Waals surface area contributed by atoms with E-state index in [1.165, 1.54) is 5.56 Å². The van der Waals surface area contributed by atoms with Crippen LogP contribution in [0, 0.1) is 24.2 Å². The predicted octanol–water partition coefficient (Wildman–Crippen LogP) is 4.00. The molecule has 0 unspecified atom stereocenters. The Hall–Kier alpha value is -2.02. The third-order valence-corrected chi connectivity index (χ3v) is 4.88. The Kier molecular flexibility index (Phi) is 3.63. The largest absolute Gasteiger partial charge is 0.444 e. The van der Waals surface area contributed by atoms with Gasteiger partial charge in [-0.25, -0.2) is 4.79 Å². The number of ether oxygens (including phenoxy) is 1. The number of rotatable bonds is 1. The second kappa shape index (κ2) is 5.26. The fraction of sp³-hybridized carbons (Fsp3) is 0.579. The summed E-state index contributed by atoms with van der Waals surface area (Å²) >= 11 is 0. The number of nitrogens with zero attached hydrogens (tertiary/aromatic N) is 2. The zero-order chi connectivity index (χ0) is 16.8. The first-order valence-corrected chi connectivity index (χ1v) is 8.24. The molecule has 1 saturated carbocycles. The summed E-state index contributed by atoms with van der Waals surface area (Å²) in [6, 6.07) is 10.8. The SMILES string of the molecule is Cc1cccc([C@@H]2CN(C(=O)OC(C)(C)C)C3(CC3)[C@H]2C#N)c1. The van der Waals surface area contributed by atoms with Crippen LogP contribution in [0.25, 0.3) is 0 Å². The van der Waals surface area contributed by atoms with Crippen molar-refractivity contribution in [3.8, 4) is 6.07 Å². The molecule has 23 heavy (non-hydrogen) atoms. The fourth-order valence-electron chi connectivity index (χ4n) is 3.72. The highest BCUT2D eigenvalue weighted by Crippen LogP contribution is 2.57. The molecule has 0 aromatic heterocycles. The highest BCUT2D eigenvalue weighted by molar-refractivity contribution is 5.71. The maximum absolute atomic E-state index is 12.6. The molecule has 1 aliphatic carbocycles. The molecule has 4 nitrogen and oxygen atoms in total. The maximum atomic E-state index is 12.6. The van der Waals surface area contributed by atoms with Crippen molar-refractivity contribution in [1.29, 1.82) is 5.26 Å². The van der Waals surface area contributed by atoms with E-state index in [1.54, 1.807) is 0 Å². The topological polar surface area (TPSA) is 53.3 Å². The molecular formula is C19H24N2O2. The van der Waals surface area contributed by atoms with Crippen molar-refractivity contribution in [3.63, 3.8) is 0 Å². The lowest BCUT2D eigenvalue weighted by atomic mass is 9.84. The van der Waals surface area contributed by atoms with Crippen molar-refractivity contribution in [3.05, 3.63) is 35.4 Å². The average Bonchev–Trinajstić information content (AvgIpc) is 3.13. The number of hydrogen-bond acceptors (Lipinski definition) is 3. The summed E-state index contributed by atoms with van der Waals surface area (Å²) in [6.07, 6.45) is 1.50. The van der Waals surface area contributed by atoms with Crippen molar-refractivity contribution in [2.75, 3.05) is 6.54 Å². The maximum Gasteiger partial charge on any atom is 0.410 e. The quantitative estimate of drug-likeness (QED) is 0.787. The van der Waals surface area contributed by atoms with E-state index in [9.17, 15) is 10.1 Å². The van der Waals surface area contributed by atoms with Crippen LogP contribution in [0.3, 0.4) is 0 Å². The molecule has 1 aliphatic heterocycles. The number of likely N-dealkylation sites (tertiary alicyclic amines) is 1. The normalized spacial score (nSPS) is 25.3. The van der Waals surface area contributed by atoms with E-state index in [2.05, 4.69) is 31.2 Å². The molecule has 4 heteroatoms. The zero-order valence-corrected chi connectivity index (χ0v) is 14.3. The van der Waals surface area contributed by atoms with E-state index in [-0.39, 0.29) is 23.5 Å². The molecule has 1 aromatic carbocycles. The highest BCUT2D eigenvalue weighted by atomic mass is 16.6. The van der Waals surface area contributed by atoms with Gasteiger partial charge >= 0.3 is 6.09 Å². The minimum Gasteiger partial charge on any atom is -0.444 e. The van der Waals surface area contributed by atoms with Gasteiger partial charge in [0.15, 0.2) is 0 Å². The lowest BCUT2D eigenvalue weighted by Gasteiger charge is -2.29. The van der Waals surface area contributed by atoms with E-state index in [4.69, 9.17) is 4.74 Å². The van der Waals surface area contributed by atoms with Crippen LogP contribution in [0.15, 0.2) is 24.3 Å². The van der Waals surface area contributed by atoms with Gasteiger partial charge in [-0.05, 0) is 46.1 Å². The molecule has 0 N–H and O–H groups in total. The van der Waals surface area contributed by atoms with Crippen molar-refractivity contribution in [2.45, 2.75) is 57.6 Å². The van der Waals surface area contributed by atoms with Gasteiger partial charge in [0.25, 0.3) is 0 Å². The Balaban J connectivity index is 1.90. The molecule has 1 heterocycles. The van der Waals surface area contributed by atoms with Gasteiger partial charge < -0.3 is 9.64 Å². The van der Waals surface area contributed by atoms with Gasteiger partial charge in [0.1, 0.15) is 5.60 Å². The van der Waals surface area contributed by atoms with Crippen LogP contribution in [-0.2, 0) is 4.74 Å². The van der Waals surface area contributed by atoms with Crippen molar-refractivity contribution in [2.24, 2.45) is 5.92 Å². The van der Waals surface area contributed by atoms with Gasteiger partial charge in [0.2, 0.25) is 0 Å². The Morgan fingerprint density at radius 2 is 2.09 bits per heavy atom. The lowest BCUT2D eigenvalue weighted by Crippen LogP contribution is -2.42. The number of hydrogen-bond donors (Lipinski definition) is 0. The molecule has 1 saturated heterocycles. The molecule has 0 bridgehead atoms. The van der Waals surface area contributed by atoms with Crippen molar-refractivity contribution < 1.29 is 9.53 Å². The molecule has 0 radical (unpaired) electrons. The fourth-order valence-corrected chi connectivity index (χ4v) is 3.72. The van der Waals surface area contributed by atoms with Crippen LogP contribution < -0.4 is 0 Å². The minimum absolute atomic E-state index is 0.0647. The van der Waals surface area contributed by atoms with E-state index < -0.39 is 5.60 Å². The summed E-state index contributed by atoms with van der Waals surface area (Å²) in [5, 5.41) is 9.75. The van der Waals surface area contributed by atoms with E-state index in [1.807, 2.05) is 31.7 Å². The lowest BCUT2D eigenvalue weighted by molar-refractivity contribution is 0.0190. The van der Waals surface area contributed by atoms with Crippen LogP contribution in [0.5, 0.6) is 0 Å². The van der Waals surface area contributed by atoms with E-state index in [0.29, 0.717) is 6.54 Å². The third-order valence-electron chi connectivity index (χ3n) is 4.88. The van der Waals surface area contributed by atoms with Crippen molar-refractivity contribution in [1.82, 2.24) is 4.90 Å². The van der Waals surface area contributed by atoms with Crippen LogP contribution >= 0.6 is 0 Å². The summed E-state index contributed by atoms with van der Waals surface area (Å²) in [4.78, 5) is 14.4. The Morgan fingerprint density at radius 3 is 2.61 bits per heavy atom. The third kappa shape index (κ3) is 2.81. The molecule has 2 fully saturated rings. The van der Waals surface area contributed by atoms with Gasteiger partial charge in [-0.1, -0.05) is 29.8 Å². The molecule has 1 aromatic rings. The summed E-state index contributed by atoms with van der Waals surface area (Å²) in [7, 11) is 0. The van der Waals surface area contributed by atoms with Gasteiger partial charge in [-0.15, -0.1) is 0 Å². The summed E-state index contributed by atoms with van der Waals surface area (Å²) in [5.74, 6) is -0.0910. The Bertz CT molecular complexity index is 665. The van der Waals surface area contributed by atoms with Crippen molar-refractivity contribution >= 4 is 6.09 Å². The number of benzene rings is 1. The van der Waals surface area contributed by atoms with Gasteiger partial charge in [-0.3, -0.25) is 0 Å².